The van der Waals surface area contributed by atoms with Crippen LogP contribution in [-0.2, 0) is 19.2 Å². The fourth-order valence-electron chi connectivity index (χ4n) is 4.23. The summed E-state index contributed by atoms with van der Waals surface area (Å²) >= 11 is 0. The third kappa shape index (κ3) is 2.92. The lowest BCUT2D eigenvalue weighted by molar-refractivity contribution is -0.199. The Morgan fingerprint density at radius 1 is 1.17 bits per heavy atom. The van der Waals surface area contributed by atoms with Crippen molar-refractivity contribution in [1.29, 1.82) is 0 Å². The topological polar surface area (TPSA) is 59.1 Å². The van der Waals surface area contributed by atoms with Crippen LogP contribution in [0.5, 0.6) is 0 Å². The van der Waals surface area contributed by atoms with Crippen LogP contribution < -0.4 is 0 Å². The summed E-state index contributed by atoms with van der Waals surface area (Å²) < 4.78 is 20.3. The van der Waals surface area contributed by atoms with E-state index >= 15 is 0 Å². The van der Waals surface area contributed by atoms with Gasteiger partial charge in [-0.25, -0.2) is 9.45 Å². The Bertz CT molecular complexity index is 505. The summed E-state index contributed by atoms with van der Waals surface area (Å²) in [6.45, 7) is 2.27. The number of halogens is 1. The van der Waals surface area contributed by atoms with Gasteiger partial charge in [-0.05, 0) is 38.5 Å². The second kappa shape index (κ2) is 6.26. The molecule has 3 saturated heterocycles. The largest absolute Gasteiger partial charge is 0.372 e. The van der Waals surface area contributed by atoms with E-state index in [1.54, 1.807) is 4.90 Å². The number of hydrogen-bond donors (Lipinski definition) is 0. The molecule has 0 spiro atoms. The number of carbonyl (C=O) groups is 2. The number of hydroxylamine groups is 2. The number of fused-ring (bicyclic) bond motifs is 1. The standard InChI is InChI=1S/C17H25FN2O4/c18-17(4-3-5-17)16(22)19-10-12-8-13(24-14(12)11-19)9-15(21)20-6-1-2-7-23-20/h12-14H,1-11H2/t12-,13-,14+/m0/s1. The molecular formula is C17H25FN2O4. The highest BCUT2D eigenvalue weighted by atomic mass is 19.1. The highest BCUT2D eigenvalue weighted by molar-refractivity contribution is 5.86. The molecule has 7 heteroatoms. The minimum atomic E-state index is -1.63. The van der Waals surface area contributed by atoms with Gasteiger partial charge in [-0.1, -0.05) is 0 Å². The van der Waals surface area contributed by atoms with Crippen LogP contribution in [-0.4, -0.2) is 65.9 Å². The van der Waals surface area contributed by atoms with Crippen LogP contribution in [0.4, 0.5) is 4.39 Å². The van der Waals surface area contributed by atoms with Crippen LogP contribution in [0, 0.1) is 5.92 Å². The predicted octanol–water partition coefficient (Wildman–Crippen LogP) is 1.44. The number of hydrogen-bond acceptors (Lipinski definition) is 4. The van der Waals surface area contributed by atoms with E-state index in [0.717, 1.165) is 25.7 Å². The number of nitrogens with zero attached hydrogens (tertiary/aromatic N) is 2. The molecule has 0 radical (unpaired) electrons. The van der Waals surface area contributed by atoms with Crippen molar-refractivity contribution < 1.29 is 23.6 Å². The molecule has 3 aliphatic heterocycles. The molecule has 6 nitrogen and oxygen atoms in total. The Kier molecular flexibility index (Phi) is 4.24. The summed E-state index contributed by atoms with van der Waals surface area (Å²) in [5.41, 5.74) is -1.63. The molecular weight excluding hydrogens is 315 g/mol. The van der Waals surface area contributed by atoms with E-state index < -0.39 is 5.67 Å². The van der Waals surface area contributed by atoms with Crippen LogP contribution >= 0.6 is 0 Å². The number of carbonyl (C=O) groups excluding carboxylic acids is 2. The van der Waals surface area contributed by atoms with Gasteiger partial charge in [-0.2, -0.15) is 0 Å². The zero-order valence-corrected chi connectivity index (χ0v) is 13.9. The van der Waals surface area contributed by atoms with Gasteiger partial charge in [0, 0.05) is 25.6 Å². The maximum Gasteiger partial charge on any atom is 0.260 e. The fraction of sp³-hybridized carbons (Fsp3) is 0.882. The van der Waals surface area contributed by atoms with Gasteiger partial charge < -0.3 is 9.64 Å². The molecule has 0 unspecified atom stereocenters. The Morgan fingerprint density at radius 2 is 2.00 bits per heavy atom. The van der Waals surface area contributed by atoms with Gasteiger partial charge in [0.15, 0.2) is 5.67 Å². The van der Waals surface area contributed by atoms with Gasteiger partial charge in [0.05, 0.1) is 25.2 Å². The van der Waals surface area contributed by atoms with Crippen molar-refractivity contribution in [3.8, 4) is 0 Å². The van der Waals surface area contributed by atoms with Crippen molar-refractivity contribution in [1.82, 2.24) is 9.96 Å². The van der Waals surface area contributed by atoms with E-state index in [1.165, 1.54) is 5.06 Å². The second-order valence-corrected chi connectivity index (χ2v) is 7.56. The van der Waals surface area contributed by atoms with Crippen LogP contribution in [0.15, 0.2) is 0 Å². The van der Waals surface area contributed by atoms with E-state index in [0.29, 0.717) is 45.5 Å². The monoisotopic (exact) mass is 340 g/mol. The highest BCUT2D eigenvalue weighted by Crippen LogP contribution is 2.41. The van der Waals surface area contributed by atoms with Gasteiger partial charge in [0.2, 0.25) is 5.91 Å². The minimum absolute atomic E-state index is 0.0233. The first kappa shape index (κ1) is 16.3. The fourth-order valence-corrected chi connectivity index (χ4v) is 4.23. The molecule has 4 rings (SSSR count). The summed E-state index contributed by atoms with van der Waals surface area (Å²) in [6.07, 6.45) is 4.38. The van der Waals surface area contributed by atoms with Crippen molar-refractivity contribution in [3.05, 3.63) is 0 Å². The van der Waals surface area contributed by atoms with E-state index in [9.17, 15) is 14.0 Å². The SMILES string of the molecule is O=C(C[C@@H]1C[C@H]2CN(C(=O)C3(F)CCC3)C[C@H]2O1)N1CCCCO1. The van der Waals surface area contributed by atoms with Gasteiger partial charge in [0.25, 0.3) is 5.91 Å². The van der Waals surface area contributed by atoms with Crippen molar-refractivity contribution in [2.45, 2.75) is 62.8 Å². The quantitative estimate of drug-likeness (QED) is 0.780. The number of likely N-dealkylation sites (tertiary alicyclic amines) is 1. The van der Waals surface area contributed by atoms with Crippen molar-refractivity contribution in [2.75, 3.05) is 26.2 Å². The van der Waals surface area contributed by atoms with E-state index in [-0.39, 0.29) is 29.9 Å². The minimum Gasteiger partial charge on any atom is -0.372 e. The van der Waals surface area contributed by atoms with Gasteiger partial charge >= 0.3 is 0 Å². The zero-order valence-electron chi connectivity index (χ0n) is 13.9. The van der Waals surface area contributed by atoms with Gasteiger partial charge in [-0.15, -0.1) is 0 Å². The molecule has 0 bridgehead atoms. The van der Waals surface area contributed by atoms with Crippen LogP contribution in [0.2, 0.25) is 0 Å². The molecule has 4 aliphatic rings. The molecule has 1 aliphatic carbocycles. The molecule has 3 atom stereocenters. The Morgan fingerprint density at radius 3 is 2.62 bits per heavy atom. The first-order valence-electron chi connectivity index (χ1n) is 9.12. The molecule has 2 amide bonds. The first-order valence-corrected chi connectivity index (χ1v) is 9.12. The Labute approximate surface area is 141 Å². The maximum atomic E-state index is 14.3. The van der Waals surface area contributed by atoms with Gasteiger partial charge in [-0.3, -0.25) is 14.4 Å². The van der Waals surface area contributed by atoms with Crippen molar-refractivity contribution in [3.63, 3.8) is 0 Å². The molecule has 3 heterocycles. The molecule has 0 aromatic heterocycles. The summed E-state index contributed by atoms with van der Waals surface area (Å²) in [6, 6.07) is 0. The third-order valence-corrected chi connectivity index (χ3v) is 5.81. The van der Waals surface area contributed by atoms with Crippen molar-refractivity contribution >= 4 is 11.8 Å². The molecule has 24 heavy (non-hydrogen) atoms. The number of rotatable bonds is 3. The summed E-state index contributed by atoms with van der Waals surface area (Å²) in [5, 5.41) is 1.46. The summed E-state index contributed by atoms with van der Waals surface area (Å²) in [7, 11) is 0. The number of ether oxygens (including phenoxy) is 1. The molecule has 0 N–H and O–H groups in total. The second-order valence-electron chi connectivity index (χ2n) is 7.56. The highest BCUT2D eigenvalue weighted by Gasteiger charge is 2.51. The molecule has 4 fully saturated rings. The van der Waals surface area contributed by atoms with Crippen molar-refractivity contribution in [2.24, 2.45) is 5.92 Å². The van der Waals surface area contributed by atoms with E-state index in [1.807, 2.05) is 0 Å². The zero-order chi connectivity index (χ0) is 16.7. The average Bonchev–Trinajstić information content (AvgIpc) is 3.11. The number of alkyl halides is 1. The summed E-state index contributed by atoms with van der Waals surface area (Å²) in [5.74, 6) is -0.163. The molecule has 0 aromatic carbocycles. The molecule has 1 saturated carbocycles. The van der Waals surface area contributed by atoms with Crippen LogP contribution in [0.25, 0.3) is 0 Å². The predicted molar refractivity (Wildman–Crippen MR) is 82.6 cm³/mol. The average molecular weight is 340 g/mol. The smallest absolute Gasteiger partial charge is 0.260 e. The van der Waals surface area contributed by atoms with Gasteiger partial charge in [0.1, 0.15) is 0 Å². The van der Waals surface area contributed by atoms with Crippen LogP contribution in [0.3, 0.4) is 0 Å². The normalized spacial score (nSPS) is 34.8. The lowest BCUT2D eigenvalue weighted by Gasteiger charge is -2.35. The molecule has 0 aromatic rings. The third-order valence-electron chi connectivity index (χ3n) is 5.81. The van der Waals surface area contributed by atoms with E-state index in [2.05, 4.69) is 0 Å². The first-order chi connectivity index (χ1) is 11.5. The summed E-state index contributed by atoms with van der Waals surface area (Å²) in [4.78, 5) is 31.5. The Hall–Kier alpha value is -1.21. The van der Waals surface area contributed by atoms with E-state index in [4.69, 9.17) is 9.57 Å². The Balaban J connectivity index is 1.27. The maximum absolute atomic E-state index is 14.3. The lowest BCUT2D eigenvalue weighted by Crippen LogP contribution is -2.50. The van der Waals surface area contributed by atoms with Crippen LogP contribution in [0.1, 0.15) is 44.9 Å². The lowest BCUT2D eigenvalue weighted by atomic mass is 9.81. The number of amides is 2. The molecule has 134 valence electrons.